The molecule has 3 atom stereocenters. The number of fused-ring (bicyclic) bond motifs is 1. The van der Waals surface area contributed by atoms with Gasteiger partial charge in [-0.3, -0.25) is 9.59 Å². The number of carbonyl (C=O) groups excluding carboxylic acids is 4. The van der Waals surface area contributed by atoms with E-state index in [-0.39, 0.29) is 24.0 Å². The number of nitrogens with zero attached hydrogens (tertiary/aromatic N) is 1. The molecular formula is C15H20N2O8. The lowest BCUT2D eigenvalue weighted by atomic mass is 10.1. The van der Waals surface area contributed by atoms with E-state index in [2.05, 4.69) is 5.32 Å². The Balaban J connectivity index is 2.39. The van der Waals surface area contributed by atoms with Crippen molar-refractivity contribution in [3.05, 3.63) is 11.4 Å². The molecule has 0 spiro atoms. The molecule has 2 rings (SSSR count). The second kappa shape index (κ2) is 7.51. The summed E-state index contributed by atoms with van der Waals surface area (Å²) in [6.45, 7) is 2.65. The van der Waals surface area contributed by atoms with Crippen LogP contribution in [0.1, 0.15) is 13.8 Å². The van der Waals surface area contributed by atoms with Crippen LogP contribution in [0.25, 0.3) is 0 Å². The summed E-state index contributed by atoms with van der Waals surface area (Å²) in [6.07, 6.45) is -1.84. The fourth-order valence-corrected chi connectivity index (χ4v) is 2.76. The van der Waals surface area contributed by atoms with E-state index < -0.39 is 36.0 Å². The minimum Gasteiger partial charge on any atom is -0.464 e. The Morgan fingerprint density at radius 3 is 2.36 bits per heavy atom. The number of nitrogens with one attached hydrogen (secondary N) is 1. The molecule has 2 aliphatic rings. The highest BCUT2D eigenvalue weighted by molar-refractivity contribution is 5.94. The second-order valence-electron chi connectivity index (χ2n) is 5.57. The van der Waals surface area contributed by atoms with Crippen LogP contribution in [0.5, 0.6) is 0 Å². The third-order valence-electron chi connectivity index (χ3n) is 3.68. The van der Waals surface area contributed by atoms with E-state index in [0.717, 1.165) is 7.11 Å². The lowest BCUT2D eigenvalue weighted by molar-refractivity contribution is -0.165. The Morgan fingerprint density at radius 1 is 1.16 bits per heavy atom. The monoisotopic (exact) mass is 356 g/mol. The van der Waals surface area contributed by atoms with E-state index in [0.29, 0.717) is 6.54 Å². The van der Waals surface area contributed by atoms with Gasteiger partial charge in [-0.1, -0.05) is 0 Å². The molecule has 0 aromatic heterocycles. The first-order chi connectivity index (χ1) is 11.8. The van der Waals surface area contributed by atoms with Crippen LogP contribution >= 0.6 is 0 Å². The first-order valence-corrected chi connectivity index (χ1v) is 7.52. The van der Waals surface area contributed by atoms with Crippen molar-refractivity contribution in [2.75, 3.05) is 27.4 Å². The molecule has 2 aliphatic heterocycles. The fourth-order valence-electron chi connectivity index (χ4n) is 2.76. The number of amides is 1. The summed E-state index contributed by atoms with van der Waals surface area (Å²) in [7, 11) is 2.51. The number of methoxy groups -OCH3 is 2. The first-order valence-electron chi connectivity index (χ1n) is 7.52. The number of piperidine rings is 1. The molecule has 0 aliphatic carbocycles. The molecule has 2 heterocycles. The molecule has 10 heteroatoms. The summed E-state index contributed by atoms with van der Waals surface area (Å²) in [5.41, 5.74) is 0.103. The average molecular weight is 356 g/mol. The zero-order chi connectivity index (χ0) is 18.7. The predicted octanol–water partition coefficient (Wildman–Crippen LogP) is -1.31. The molecule has 25 heavy (non-hydrogen) atoms. The molecule has 0 unspecified atom stereocenters. The molecular weight excluding hydrogens is 336 g/mol. The summed E-state index contributed by atoms with van der Waals surface area (Å²) in [5.74, 6) is -2.54. The van der Waals surface area contributed by atoms with Gasteiger partial charge in [0.05, 0.1) is 18.8 Å². The van der Waals surface area contributed by atoms with Gasteiger partial charge in [-0.25, -0.2) is 9.59 Å². The van der Waals surface area contributed by atoms with Crippen molar-refractivity contribution in [3.8, 4) is 0 Å². The minimum absolute atomic E-state index is 0.144. The third-order valence-corrected chi connectivity index (χ3v) is 3.68. The maximum absolute atomic E-state index is 12.1. The Morgan fingerprint density at radius 2 is 1.84 bits per heavy atom. The molecule has 0 bridgehead atoms. The van der Waals surface area contributed by atoms with Gasteiger partial charge in [0.15, 0.2) is 17.9 Å². The van der Waals surface area contributed by atoms with Crippen LogP contribution < -0.4 is 5.32 Å². The number of rotatable bonds is 6. The molecule has 2 saturated heterocycles. The van der Waals surface area contributed by atoms with Crippen molar-refractivity contribution in [2.24, 2.45) is 0 Å². The maximum Gasteiger partial charge on any atom is 0.356 e. The Bertz CT molecular complexity index is 629. The average Bonchev–Trinajstić information content (AvgIpc) is 3.24. The summed E-state index contributed by atoms with van der Waals surface area (Å²) in [4.78, 5) is 48.5. The van der Waals surface area contributed by atoms with Gasteiger partial charge in [0.2, 0.25) is 5.91 Å². The quantitative estimate of drug-likeness (QED) is 0.268. The van der Waals surface area contributed by atoms with Crippen LogP contribution in [0.4, 0.5) is 0 Å². The summed E-state index contributed by atoms with van der Waals surface area (Å²) >= 11 is 0. The maximum atomic E-state index is 12.1. The number of hydrogen-bond donors (Lipinski definition) is 1. The van der Waals surface area contributed by atoms with E-state index in [1.165, 1.54) is 21.0 Å². The van der Waals surface area contributed by atoms with Gasteiger partial charge in [0.1, 0.15) is 6.61 Å². The number of ether oxygens (including phenoxy) is 4. The first kappa shape index (κ1) is 18.7. The molecule has 138 valence electrons. The highest BCUT2D eigenvalue weighted by Crippen LogP contribution is 2.43. The van der Waals surface area contributed by atoms with Crippen molar-refractivity contribution < 1.29 is 38.1 Å². The van der Waals surface area contributed by atoms with Gasteiger partial charge >= 0.3 is 17.9 Å². The van der Waals surface area contributed by atoms with Crippen LogP contribution in [0.15, 0.2) is 11.4 Å². The molecule has 0 radical (unpaired) electrons. The largest absolute Gasteiger partial charge is 0.464 e. The van der Waals surface area contributed by atoms with E-state index in [4.69, 9.17) is 18.9 Å². The summed E-state index contributed by atoms with van der Waals surface area (Å²) in [6, 6.07) is -0.256. The number of esters is 3. The third kappa shape index (κ3) is 4.08. The van der Waals surface area contributed by atoms with Crippen molar-refractivity contribution >= 4 is 23.8 Å². The van der Waals surface area contributed by atoms with Gasteiger partial charge in [-0.05, 0) is 0 Å². The standard InChI is InChI=1S/C15H20N2O8/c1-7(18)16-11(15(21)23-4)12-14(24-8(2)19)13(9-5-17(9)12)25-10(20)6-22-3/h9,13-14H,5-6H2,1-4H3,(H,16,18)/b12-11+/t9-,13+,14+,17?/m0/s1. The molecule has 10 nitrogen and oxygen atoms in total. The summed E-state index contributed by atoms with van der Waals surface area (Å²) in [5, 5.41) is 2.40. The van der Waals surface area contributed by atoms with Crippen LogP contribution in [0, 0.1) is 0 Å². The van der Waals surface area contributed by atoms with Crippen LogP contribution in [-0.2, 0) is 38.1 Å². The molecule has 2 fully saturated rings. The number of hydrogen-bond acceptors (Lipinski definition) is 9. The topological polar surface area (TPSA) is 120 Å². The lowest BCUT2D eigenvalue weighted by Gasteiger charge is -2.23. The smallest absolute Gasteiger partial charge is 0.356 e. The van der Waals surface area contributed by atoms with Crippen LogP contribution in [0.3, 0.4) is 0 Å². The lowest BCUT2D eigenvalue weighted by Crippen LogP contribution is -2.39. The van der Waals surface area contributed by atoms with Crippen molar-refractivity contribution in [3.63, 3.8) is 0 Å². The van der Waals surface area contributed by atoms with E-state index in [1.54, 1.807) is 4.90 Å². The van der Waals surface area contributed by atoms with Gasteiger partial charge in [0, 0.05) is 27.5 Å². The van der Waals surface area contributed by atoms with E-state index in [9.17, 15) is 19.2 Å². The van der Waals surface area contributed by atoms with Crippen LogP contribution in [-0.4, -0.2) is 74.3 Å². The van der Waals surface area contributed by atoms with Gasteiger partial charge in [-0.15, -0.1) is 0 Å². The highest BCUT2D eigenvalue weighted by Gasteiger charge is 2.60. The molecule has 0 aromatic carbocycles. The summed E-state index contributed by atoms with van der Waals surface area (Å²) < 4.78 is 20.0. The van der Waals surface area contributed by atoms with Gasteiger partial charge < -0.3 is 29.2 Å². The molecule has 1 amide bonds. The highest BCUT2D eigenvalue weighted by atomic mass is 16.6. The molecule has 1 N–H and O–H groups in total. The van der Waals surface area contributed by atoms with Crippen molar-refractivity contribution in [2.45, 2.75) is 32.1 Å². The Hall–Kier alpha value is -2.62. The molecule has 0 aromatic rings. The predicted molar refractivity (Wildman–Crippen MR) is 80.7 cm³/mol. The van der Waals surface area contributed by atoms with Crippen LogP contribution in [0.2, 0.25) is 0 Å². The van der Waals surface area contributed by atoms with Gasteiger partial charge in [-0.2, -0.15) is 0 Å². The van der Waals surface area contributed by atoms with Crippen molar-refractivity contribution in [1.29, 1.82) is 0 Å². The zero-order valence-corrected chi connectivity index (χ0v) is 14.4. The second-order valence-corrected chi connectivity index (χ2v) is 5.57. The minimum atomic E-state index is -1.03. The van der Waals surface area contributed by atoms with E-state index in [1.807, 2.05) is 0 Å². The number of carbonyl (C=O) groups is 4. The SMILES string of the molecule is COCC(=O)O[C@H]1[C@H](OC(C)=O)/C(=C(\NC(C)=O)C(=O)OC)N2C[C@@H]12. The Kier molecular flexibility index (Phi) is 5.62. The molecule has 0 saturated carbocycles. The fraction of sp³-hybridized carbons (Fsp3) is 0.600. The van der Waals surface area contributed by atoms with E-state index >= 15 is 0 Å². The zero-order valence-electron chi connectivity index (χ0n) is 14.4. The van der Waals surface area contributed by atoms with Crippen molar-refractivity contribution in [1.82, 2.24) is 10.2 Å². The normalized spacial score (nSPS) is 25.6. The Labute approximate surface area is 144 Å². The van der Waals surface area contributed by atoms with Gasteiger partial charge in [0.25, 0.3) is 0 Å².